The number of nitrogens with zero attached hydrogens (tertiary/aromatic N) is 5. The molecule has 1 amide bonds. The van der Waals surface area contributed by atoms with Crippen molar-refractivity contribution >= 4 is 21.4 Å². The van der Waals surface area contributed by atoms with Gasteiger partial charge in [-0.25, -0.2) is 33.4 Å². The standard InChI is InChI=1S/C18H20FNO4S.C17H18FN5/c1-12-4-7-15(8-5-12)25(23,24)11-18(3,22)17(21)20-14-6-9-16(19)13(2)10-14;1-16(2,9-19)14-7-13(17(3,4)20-5)6-12(15(14)18)8-23-11-21-10-22-23/h4-10,22H,11H2,1-3H3,(H,20,21);6-7,10-11H,8H2,1-4H3/t18-;/m0./s1. The van der Waals surface area contributed by atoms with E-state index in [1.54, 1.807) is 52.0 Å². The number of anilines is 1. The van der Waals surface area contributed by atoms with E-state index in [1.807, 2.05) is 6.92 Å². The van der Waals surface area contributed by atoms with E-state index in [0.717, 1.165) is 12.5 Å². The second kappa shape index (κ2) is 14.4. The fourth-order valence-electron chi connectivity index (χ4n) is 4.47. The van der Waals surface area contributed by atoms with Gasteiger partial charge in [0.25, 0.3) is 11.4 Å². The monoisotopic (exact) mass is 676 g/mol. The quantitative estimate of drug-likeness (QED) is 0.206. The molecule has 0 radical (unpaired) electrons. The molecule has 0 unspecified atom stereocenters. The Morgan fingerprint density at radius 3 is 2.25 bits per heavy atom. The van der Waals surface area contributed by atoms with Crippen molar-refractivity contribution in [2.75, 3.05) is 11.1 Å². The third-order valence-corrected chi connectivity index (χ3v) is 9.57. The molecule has 4 rings (SSSR count). The molecule has 10 nitrogen and oxygen atoms in total. The number of nitrogens with one attached hydrogen (secondary N) is 1. The Bertz CT molecular complexity index is 1980. The first-order valence-corrected chi connectivity index (χ1v) is 16.4. The Labute approximate surface area is 279 Å². The maximum atomic E-state index is 14.9. The van der Waals surface area contributed by atoms with E-state index in [1.165, 1.54) is 54.6 Å². The molecule has 2 N–H and O–H groups in total. The molecule has 13 heteroatoms. The fraction of sp³-hybridized carbons (Fsp3) is 0.343. The third-order valence-electron chi connectivity index (χ3n) is 7.64. The number of amides is 1. The molecule has 48 heavy (non-hydrogen) atoms. The molecule has 0 aliphatic rings. The third kappa shape index (κ3) is 9.09. The van der Waals surface area contributed by atoms with Gasteiger partial charge >= 0.3 is 0 Å². The molecule has 0 aliphatic carbocycles. The van der Waals surface area contributed by atoms with Gasteiger partial charge in [0, 0.05) is 36.2 Å². The Hall–Kier alpha value is -4.98. The van der Waals surface area contributed by atoms with Gasteiger partial charge in [0.05, 0.1) is 28.7 Å². The number of nitriles is 1. The Morgan fingerprint density at radius 2 is 1.71 bits per heavy atom. The summed E-state index contributed by atoms with van der Waals surface area (Å²) in [6, 6.07) is 15.5. The molecule has 0 fully saturated rings. The second-order valence-corrected chi connectivity index (χ2v) is 14.8. The van der Waals surface area contributed by atoms with Crippen LogP contribution in [-0.4, -0.2) is 45.5 Å². The van der Waals surface area contributed by atoms with Crippen molar-refractivity contribution in [1.82, 2.24) is 14.8 Å². The SMILES string of the molecule is Cc1ccc(S(=O)(=O)C[C@](C)(O)C(=O)Nc2ccc(F)c(C)c2)cc1.[C-]#[N+]C(C)(C)c1cc(Cn2cncn2)c(F)c(C(C)(C)C#N)c1. The summed E-state index contributed by atoms with van der Waals surface area (Å²) in [5.74, 6) is -2.51. The van der Waals surface area contributed by atoms with Gasteiger partial charge in [-0.05, 0) is 82.6 Å². The average molecular weight is 677 g/mol. The maximum Gasteiger partial charge on any atom is 0.257 e. The van der Waals surface area contributed by atoms with Gasteiger partial charge in [0.1, 0.15) is 24.3 Å². The summed E-state index contributed by atoms with van der Waals surface area (Å²) in [7, 11) is -3.86. The first-order valence-electron chi connectivity index (χ1n) is 14.8. The number of rotatable bonds is 9. The summed E-state index contributed by atoms with van der Waals surface area (Å²) in [5.41, 5.74) is -1.07. The summed E-state index contributed by atoms with van der Waals surface area (Å²) >= 11 is 0. The van der Waals surface area contributed by atoms with Gasteiger partial charge in [-0.3, -0.25) is 4.79 Å². The summed E-state index contributed by atoms with van der Waals surface area (Å²) in [4.78, 5) is 19.8. The van der Waals surface area contributed by atoms with Gasteiger partial charge in [-0.15, -0.1) is 0 Å². The highest BCUT2D eigenvalue weighted by Crippen LogP contribution is 2.34. The maximum absolute atomic E-state index is 14.9. The van der Waals surface area contributed by atoms with Gasteiger partial charge < -0.3 is 15.3 Å². The van der Waals surface area contributed by atoms with E-state index < -0.39 is 49.7 Å². The van der Waals surface area contributed by atoms with E-state index in [0.29, 0.717) is 22.3 Å². The highest BCUT2D eigenvalue weighted by molar-refractivity contribution is 7.91. The number of hydrogen-bond acceptors (Lipinski definition) is 7. The van der Waals surface area contributed by atoms with Crippen LogP contribution in [-0.2, 0) is 32.1 Å². The van der Waals surface area contributed by atoms with Crippen molar-refractivity contribution in [3.63, 3.8) is 0 Å². The number of aryl methyl sites for hydroxylation is 2. The fourth-order valence-corrected chi connectivity index (χ4v) is 6.06. The van der Waals surface area contributed by atoms with Crippen molar-refractivity contribution in [2.24, 2.45) is 0 Å². The van der Waals surface area contributed by atoms with Gasteiger partial charge in [-0.1, -0.05) is 17.7 Å². The lowest BCUT2D eigenvalue weighted by Gasteiger charge is -2.22. The summed E-state index contributed by atoms with van der Waals surface area (Å²) < 4.78 is 54.6. The topological polar surface area (TPSA) is 142 Å². The molecule has 0 aliphatic heterocycles. The minimum Gasteiger partial charge on any atom is -0.379 e. The number of halogens is 2. The van der Waals surface area contributed by atoms with Gasteiger partial charge in [-0.2, -0.15) is 10.4 Å². The lowest BCUT2D eigenvalue weighted by atomic mass is 9.81. The number of carbonyl (C=O) groups is 1. The van der Waals surface area contributed by atoms with Gasteiger partial charge in [0.15, 0.2) is 15.4 Å². The van der Waals surface area contributed by atoms with Crippen LogP contribution in [0.5, 0.6) is 0 Å². The summed E-state index contributed by atoms with van der Waals surface area (Å²) in [6.45, 7) is 18.9. The van der Waals surface area contributed by atoms with Crippen LogP contribution in [0.1, 0.15) is 62.4 Å². The molecule has 1 heterocycles. The molecular formula is C35H38F2N6O4S. The Balaban J connectivity index is 0.000000261. The lowest BCUT2D eigenvalue weighted by molar-refractivity contribution is -0.130. The minimum absolute atomic E-state index is 0.0313. The zero-order valence-corrected chi connectivity index (χ0v) is 28.7. The number of aliphatic hydroxyl groups is 1. The predicted molar refractivity (Wildman–Crippen MR) is 177 cm³/mol. The molecular weight excluding hydrogens is 638 g/mol. The predicted octanol–water partition coefficient (Wildman–Crippen LogP) is 6.03. The van der Waals surface area contributed by atoms with Gasteiger partial charge in [0.2, 0.25) is 0 Å². The number of sulfone groups is 1. The average Bonchev–Trinajstić information content (AvgIpc) is 3.53. The zero-order chi connectivity index (χ0) is 36.1. The van der Waals surface area contributed by atoms with Crippen molar-refractivity contribution in [1.29, 1.82) is 5.26 Å². The van der Waals surface area contributed by atoms with Crippen molar-refractivity contribution in [3.05, 3.63) is 118 Å². The minimum atomic E-state index is -3.86. The van der Waals surface area contributed by atoms with Crippen LogP contribution in [0.4, 0.5) is 14.5 Å². The van der Waals surface area contributed by atoms with Crippen molar-refractivity contribution < 1.29 is 27.1 Å². The number of benzene rings is 3. The molecule has 0 bridgehead atoms. The second-order valence-electron chi connectivity index (χ2n) is 12.8. The van der Waals surface area contributed by atoms with Crippen LogP contribution in [0.3, 0.4) is 0 Å². The zero-order valence-electron chi connectivity index (χ0n) is 27.8. The largest absolute Gasteiger partial charge is 0.379 e. The van der Waals surface area contributed by atoms with Crippen molar-refractivity contribution in [2.45, 2.75) is 76.5 Å². The molecule has 252 valence electrons. The van der Waals surface area contributed by atoms with Crippen LogP contribution >= 0.6 is 0 Å². The van der Waals surface area contributed by atoms with Crippen LogP contribution in [0.15, 0.2) is 72.1 Å². The molecule has 0 saturated carbocycles. The molecule has 4 aromatic rings. The summed E-state index contributed by atoms with van der Waals surface area (Å²) in [6.07, 6.45) is 2.88. The smallest absolute Gasteiger partial charge is 0.257 e. The normalized spacial score (nSPS) is 12.9. The van der Waals surface area contributed by atoms with Crippen molar-refractivity contribution in [3.8, 4) is 6.07 Å². The lowest BCUT2D eigenvalue weighted by Crippen LogP contribution is -2.45. The van der Waals surface area contributed by atoms with Crippen LogP contribution in [0.2, 0.25) is 0 Å². The highest BCUT2D eigenvalue weighted by Gasteiger charge is 2.37. The first kappa shape index (κ1) is 37.5. The molecule has 3 aromatic carbocycles. The number of hydrogen-bond donors (Lipinski definition) is 2. The molecule has 0 saturated heterocycles. The number of carbonyl (C=O) groups excluding carboxylic acids is 1. The first-order chi connectivity index (χ1) is 22.2. The van der Waals surface area contributed by atoms with Crippen LogP contribution in [0.25, 0.3) is 4.85 Å². The van der Waals surface area contributed by atoms with Crippen LogP contribution < -0.4 is 5.32 Å². The molecule has 0 spiro atoms. The van der Waals surface area contributed by atoms with E-state index in [9.17, 15) is 32.4 Å². The van der Waals surface area contributed by atoms with E-state index >= 15 is 0 Å². The number of aromatic nitrogens is 3. The Morgan fingerprint density at radius 1 is 1.06 bits per heavy atom. The van der Waals surface area contributed by atoms with E-state index in [4.69, 9.17) is 6.57 Å². The van der Waals surface area contributed by atoms with Crippen LogP contribution in [0, 0.1) is 43.4 Å². The van der Waals surface area contributed by atoms with E-state index in [2.05, 4.69) is 26.3 Å². The van der Waals surface area contributed by atoms with E-state index in [-0.39, 0.29) is 17.1 Å². The highest BCUT2D eigenvalue weighted by atomic mass is 32.2. The Kier molecular flexibility index (Phi) is 11.3. The molecule has 1 aromatic heterocycles. The molecule has 1 atom stereocenters. The summed E-state index contributed by atoms with van der Waals surface area (Å²) in [5, 5.41) is 26.1.